The van der Waals surface area contributed by atoms with E-state index in [0.29, 0.717) is 10.8 Å². The van der Waals surface area contributed by atoms with Crippen LogP contribution in [0.1, 0.15) is 0 Å². The first kappa shape index (κ1) is 8.31. The van der Waals surface area contributed by atoms with Gasteiger partial charge >= 0.3 is 0 Å². The third kappa shape index (κ3) is 1.33. The molecule has 0 saturated heterocycles. The maximum Gasteiger partial charge on any atom is 0.226 e. The smallest absolute Gasteiger partial charge is 0.226 e. The Bertz CT molecular complexity index is 537. The van der Waals surface area contributed by atoms with Crippen molar-refractivity contribution in [3.05, 3.63) is 30.5 Å². The van der Waals surface area contributed by atoms with Crippen LogP contribution in [0.4, 0.5) is 0 Å². The van der Waals surface area contributed by atoms with Gasteiger partial charge in [0, 0.05) is 17.0 Å². The van der Waals surface area contributed by atoms with E-state index in [4.69, 9.17) is 4.42 Å². The lowest BCUT2D eigenvalue weighted by Crippen LogP contribution is -1.94. The molecular formula is C9H7O3S. The third-order valence-electron chi connectivity index (χ3n) is 1.74. The quantitative estimate of drug-likeness (QED) is 0.694. The minimum absolute atomic E-state index is 0.0110. The van der Waals surface area contributed by atoms with Crippen molar-refractivity contribution in [1.29, 1.82) is 0 Å². The number of rotatable bonds is 1. The molecule has 1 aromatic heterocycles. The molecule has 0 amide bonds. The lowest BCUT2D eigenvalue weighted by Gasteiger charge is -1.91. The van der Waals surface area contributed by atoms with Crippen molar-refractivity contribution >= 4 is 20.6 Å². The molecule has 0 spiro atoms. The highest BCUT2D eigenvalue weighted by Gasteiger charge is 2.15. The summed E-state index contributed by atoms with van der Waals surface area (Å²) in [5, 5.41) is 1.26. The molecule has 0 saturated carbocycles. The molecule has 0 bridgehead atoms. The summed E-state index contributed by atoms with van der Waals surface area (Å²) >= 11 is 0. The van der Waals surface area contributed by atoms with Gasteiger partial charge in [0.05, 0.1) is 0 Å². The highest BCUT2D eigenvalue weighted by atomic mass is 32.2. The van der Waals surface area contributed by atoms with Crippen molar-refractivity contribution in [1.82, 2.24) is 0 Å². The van der Waals surface area contributed by atoms with E-state index in [1.807, 2.05) is 0 Å². The van der Waals surface area contributed by atoms with Crippen LogP contribution in [0.2, 0.25) is 0 Å². The van der Waals surface area contributed by atoms with E-state index >= 15 is 0 Å². The second kappa shape index (κ2) is 2.60. The zero-order valence-corrected chi connectivity index (χ0v) is 7.76. The van der Waals surface area contributed by atoms with Crippen LogP contribution in [0.3, 0.4) is 0 Å². The molecule has 67 valence electrons. The van der Waals surface area contributed by atoms with Gasteiger partial charge in [-0.25, -0.2) is 8.42 Å². The van der Waals surface area contributed by atoms with E-state index in [9.17, 15) is 8.42 Å². The van der Waals surface area contributed by atoms with Gasteiger partial charge in [-0.3, -0.25) is 0 Å². The summed E-state index contributed by atoms with van der Waals surface area (Å²) in [6.45, 7) is 0. The molecule has 1 aromatic carbocycles. The van der Waals surface area contributed by atoms with Gasteiger partial charge in [0.25, 0.3) is 0 Å². The Labute approximate surface area is 75.9 Å². The molecule has 0 aliphatic rings. The zero-order chi connectivity index (χ0) is 9.47. The Kier molecular flexibility index (Phi) is 1.66. The molecule has 0 aliphatic carbocycles. The second-order valence-electron chi connectivity index (χ2n) is 2.81. The fourth-order valence-electron chi connectivity index (χ4n) is 1.18. The van der Waals surface area contributed by atoms with E-state index in [-0.39, 0.29) is 5.09 Å². The molecule has 0 aliphatic heterocycles. The minimum atomic E-state index is -3.28. The van der Waals surface area contributed by atoms with E-state index in [2.05, 4.69) is 6.26 Å². The maximum absolute atomic E-state index is 11.2. The number of fused-ring (bicyclic) bond motifs is 1. The topological polar surface area (TPSA) is 47.3 Å². The lowest BCUT2D eigenvalue weighted by molar-refractivity contribution is 0.452. The van der Waals surface area contributed by atoms with E-state index in [1.54, 1.807) is 24.3 Å². The molecule has 2 rings (SSSR count). The predicted octanol–water partition coefficient (Wildman–Crippen LogP) is 1.64. The zero-order valence-electron chi connectivity index (χ0n) is 6.94. The largest absolute Gasteiger partial charge is 0.440 e. The first-order chi connectivity index (χ1) is 6.09. The summed E-state index contributed by atoms with van der Waals surface area (Å²) in [7, 11) is -3.28. The average molecular weight is 195 g/mol. The van der Waals surface area contributed by atoms with Crippen molar-refractivity contribution in [2.75, 3.05) is 6.26 Å². The molecule has 0 fully saturated rings. The maximum atomic E-state index is 11.2. The Morgan fingerprint density at radius 3 is 2.69 bits per heavy atom. The van der Waals surface area contributed by atoms with Gasteiger partial charge < -0.3 is 4.42 Å². The third-order valence-corrected chi connectivity index (χ3v) is 2.71. The van der Waals surface area contributed by atoms with Gasteiger partial charge in [0.1, 0.15) is 0 Å². The number of sulfone groups is 1. The van der Waals surface area contributed by atoms with Gasteiger partial charge in [-0.1, -0.05) is 18.2 Å². The van der Waals surface area contributed by atoms with Crippen LogP contribution in [0.5, 0.6) is 0 Å². The monoisotopic (exact) mass is 195 g/mol. The second-order valence-corrected chi connectivity index (χ2v) is 4.72. The molecule has 1 radical (unpaired) electrons. The van der Waals surface area contributed by atoms with Gasteiger partial charge in [-0.15, -0.1) is 0 Å². The predicted molar refractivity (Wildman–Crippen MR) is 48.2 cm³/mol. The lowest BCUT2D eigenvalue weighted by atomic mass is 10.2. The Balaban J connectivity index is 2.87. The van der Waals surface area contributed by atoms with Crippen LogP contribution >= 0.6 is 0 Å². The molecule has 13 heavy (non-hydrogen) atoms. The van der Waals surface area contributed by atoms with Crippen molar-refractivity contribution < 1.29 is 12.8 Å². The normalized spacial score (nSPS) is 12.1. The SMILES string of the molecule is CS(=O)(=O)c1o[c]c2ccccc12. The molecule has 0 N–H and O–H groups in total. The first-order valence-electron chi connectivity index (χ1n) is 3.68. The van der Waals surface area contributed by atoms with Gasteiger partial charge in [-0.2, -0.15) is 0 Å². The highest BCUT2D eigenvalue weighted by molar-refractivity contribution is 7.90. The first-order valence-corrected chi connectivity index (χ1v) is 5.57. The molecule has 4 heteroatoms. The standard InChI is InChI=1S/C9H7O3S/c1-13(10,11)9-8-5-3-2-4-7(8)6-12-9/h2-5H,1H3. The Hall–Kier alpha value is -1.29. The van der Waals surface area contributed by atoms with Gasteiger partial charge in [0.15, 0.2) is 6.26 Å². The summed E-state index contributed by atoms with van der Waals surface area (Å²) in [6, 6.07) is 7.03. The van der Waals surface area contributed by atoms with Crippen LogP contribution in [0, 0.1) is 6.26 Å². The van der Waals surface area contributed by atoms with Crippen LogP contribution in [-0.2, 0) is 9.84 Å². The highest BCUT2D eigenvalue weighted by Crippen LogP contribution is 2.23. The van der Waals surface area contributed by atoms with Crippen LogP contribution in [0.15, 0.2) is 33.8 Å². The van der Waals surface area contributed by atoms with Gasteiger partial charge in [-0.05, 0) is 6.07 Å². The summed E-state index contributed by atoms with van der Waals surface area (Å²) in [4.78, 5) is 0. The summed E-state index contributed by atoms with van der Waals surface area (Å²) in [5.41, 5.74) is 0. The molecule has 2 aromatic rings. The summed E-state index contributed by atoms with van der Waals surface area (Å²) < 4.78 is 27.3. The average Bonchev–Trinajstić information content (AvgIpc) is 2.45. The fourth-order valence-corrected chi connectivity index (χ4v) is 1.95. The minimum Gasteiger partial charge on any atom is -0.440 e. The molecule has 0 unspecified atom stereocenters. The molecule has 1 heterocycles. The molecular weight excluding hydrogens is 188 g/mol. The Morgan fingerprint density at radius 1 is 1.31 bits per heavy atom. The van der Waals surface area contributed by atoms with Crippen LogP contribution in [-0.4, -0.2) is 14.7 Å². The Morgan fingerprint density at radius 2 is 2.00 bits per heavy atom. The number of hydrogen-bond acceptors (Lipinski definition) is 3. The number of hydrogen-bond donors (Lipinski definition) is 0. The van der Waals surface area contributed by atoms with E-state index < -0.39 is 9.84 Å². The van der Waals surface area contributed by atoms with Gasteiger partial charge in [0.2, 0.25) is 14.9 Å². The number of furan rings is 1. The van der Waals surface area contributed by atoms with Crippen LogP contribution in [0.25, 0.3) is 10.8 Å². The van der Waals surface area contributed by atoms with Crippen molar-refractivity contribution in [3.63, 3.8) is 0 Å². The van der Waals surface area contributed by atoms with Crippen molar-refractivity contribution in [3.8, 4) is 0 Å². The fraction of sp³-hybridized carbons (Fsp3) is 0.111. The van der Waals surface area contributed by atoms with E-state index in [1.165, 1.54) is 0 Å². The van der Waals surface area contributed by atoms with Crippen molar-refractivity contribution in [2.24, 2.45) is 0 Å². The molecule has 0 atom stereocenters. The summed E-state index contributed by atoms with van der Waals surface area (Å²) in [5.74, 6) is 0. The number of benzene rings is 1. The van der Waals surface area contributed by atoms with Crippen LogP contribution < -0.4 is 0 Å². The van der Waals surface area contributed by atoms with E-state index in [0.717, 1.165) is 6.26 Å². The van der Waals surface area contributed by atoms with Crippen molar-refractivity contribution in [2.45, 2.75) is 5.09 Å². The summed E-state index contributed by atoms with van der Waals surface area (Å²) in [6.07, 6.45) is 3.66. The molecule has 3 nitrogen and oxygen atoms in total.